The van der Waals surface area contributed by atoms with E-state index in [0.717, 1.165) is 11.1 Å². The van der Waals surface area contributed by atoms with Gasteiger partial charge >= 0.3 is 12.1 Å². The number of ether oxygens (including phenoxy) is 2. The highest BCUT2D eigenvalue weighted by Crippen LogP contribution is 2.32. The molecule has 0 fully saturated rings. The van der Waals surface area contributed by atoms with Crippen LogP contribution < -0.4 is 5.32 Å². The van der Waals surface area contributed by atoms with E-state index in [-0.39, 0.29) is 12.5 Å². The van der Waals surface area contributed by atoms with Gasteiger partial charge in [-0.3, -0.25) is 9.78 Å². The zero-order valence-electron chi connectivity index (χ0n) is 21.4. The van der Waals surface area contributed by atoms with Crippen LogP contribution in [0, 0.1) is 5.92 Å². The normalized spacial score (nSPS) is 12.7. The number of aromatic nitrogens is 1. The monoisotopic (exact) mass is 501 g/mol. The fraction of sp³-hybridized carbons (Fsp3) is 0.241. The number of pyridine rings is 1. The predicted octanol–water partition coefficient (Wildman–Crippen LogP) is 4.64. The number of carbonyl (C=O) groups excluding carboxylic acids is 3. The van der Waals surface area contributed by atoms with E-state index in [2.05, 4.69) is 10.3 Å². The van der Waals surface area contributed by atoms with E-state index in [1.807, 2.05) is 42.5 Å². The molecule has 1 N–H and O–H groups in total. The SMILES string of the molecule is COC(=O)c1ccc(C(NC(=O)OCc2ccccc2)/C(=C/[C@@H](C)C(=O)N(C)C)c2cccnc2)cc1. The van der Waals surface area contributed by atoms with Crippen molar-refractivity contribution in [2.75, 3.05) is 21.2 Å². The van der Waals surface area contributed by atoms with Crippen LogP contribution >= 0.6 is 0 Å². The van der Waals surface area contributed by atoms with Crippen LogP contribution in [0.1, 0.15) is 40.0 Å². The van der Waals surface area contributed by atoms with Crippen molar-refractivity contribution < 1.29 is 23.9 Å². The lowest BCUT2D eigenvalue weighted by Gasteiger charge is -2.24. The lowest BCUT2D eigenvalue weighted by molar-refractivity contribution is -0.130. The molecule has 0 saturated heterocycles. The number of nitrogens with zero attached hydrogens (tertiary/aromatic N) is 2. The molecule has 0 aliphatic carbocycles. The van der Waals surface area contributed by atoms with Gasteiger partial charge in [-0.05, 0) is 40.5 Å². The Kier molecular flexibility index (Phi) is 9.55. The Balaban J connectivity index is 2.01. The molecule has 1 heterocycles. The van der Waals surface area contributed by atoms with Crippen molar-refractivity contribution in [2.24, 2.45) is 5.92 Å². The summed E-state index contributed by atoms with van der Waals surface area (Å²) in [7, 11) is 4.70. The van der Waals surface area contributed by atoms with Crippen molar-refractivity contribution in [3.8, 4) is 0 Å². The van der Waals surface area contributed by atoms with Crippen LogP contribution in [0.3, 0.4) is 0 Å². The summed E-state index contributed by atoms with van der Waals surface area (Å²) in [5, 5.41) is 2.94. The van der Waals surface area contributed by atoms with Gasteiger partial charge in [0.25, 0.3) is 0 Å². The van der Waals surface area contributed by atoms with Crippen molar-refractivity contribution >= 4 is 23.5 Å². The molecule has 0 spiro atoms. The van der Waals surface area contributed by atoms with Gasteiger partial charge in [-0.1, -0.05) is 61.5 Å². The van der Waals surface area contributed by atoms with Crippen LogP contribution in [-0.2, 0) is 20.9 Å². The van der Waals surface area contributed by atoms with E-state index < -0.39 is 24.0 Å². The van der Waals surface area contributed by atoms with E-state index in [1.165, 1.54) is 12.0 Å². The van der Waals surface area contributed by atoms with Crippen LogP contribution in [0.4, 0.5) is 4.79 Å². The maximum absolute atomic E-state index is 13.0. The van der Waals surface area contributed by atoms with Crippen molar-refractivity contribution in [1.82, 2.24) is 15.2 Å². The van der Waals surface area contributed by atoms with Crippen molar-refractivity contribution in [3.05, 3.63) is 107 Å². The van der Waals surface area contributed by atoms with E-state index in [4.69, 9.17) is 9.47 Å². The maximum Gasteiger partial charge on any atom is 0.408 e. The molecule has 0 bridgehead atoms. The van der Waals surface area contributed by atoms with Crippen LogP contribution in [0.15, 0.2) is 85.2 Å². The smallest absolute Gasteiger partial charge is 0.408 e. The number of rotatable bonds is 9. The minimum absolute atomic E-state index is 0.0900. The minimum atomic E-state index is -0.698. The Labute approximate surface area is 216 Å². The van der Waals surface area contributed by atoms with Gasteiger partial charge in [-0.25, -0.2) is 9.59 Å². The predicted molar refractivity (Wildman–Crippen MR) is 140 cm³/mol. The first-order valence-corrected chi connectivity index (χ1v) is 11.8. The third-order valence-corrected chi connectivity index (χ3v) is 5.71. The molecule has 0 saturated carbocycles. The lowest BCUT2D eigenvalue weighted by Crippen LogP contribution is -2.31. The summed E-state index contributed by atoms with van der Waals surface area (Å²) >= 11 is 0. The van der Waals surface area contributed by atoms with Crippen LogP contribution in [0.2, 0.25) is 0 Å². The summed E-state index contributed by atoms with van der Waals surface area (Å²) < 4.78 is 10.3. The molecule has 3 aromatic rings. The minimum Gasteiger partial charge on any atom is -0.465 e. The number of amides is 2. The molecule has 2 amide bonds. The van der Waals surface area contributed by atoms with Gasteiger partial charge in [0.1, 0.15) is 6.61 Å². The lowest BCUT2D eigenvalue weighted by atomic mass is 9.90. The highest BCUT2D eigenvalue weighted by Gasteiger charge is 2.24. The molecule has 1 aromatic heterocycles. The first kappa shape index (κ1) is 27.1. The van der Waals surface area contributed by atoms with E-state index >= 15 is 0 Å². The highest BCUT2D eigenvalue weighted by molar-refractivity contribution is 5.89. The van der Waals surface area contributed by atoms with Gasteiger partial charge in [0, 0.05) is 26.5 Å². The van der Waals surface area contributed by atoms with E-state index in [0.29, 0.717) is 16.7 Å². The third-order valence-electron chi connectivity index (χ3n) is 5.71. The van der Waals surface area contributed by atoms with Crippen molar-refractivity contribution in [1.29, 1.82) is 0 Å². The summed E-state index contributed by atoms with van der Waals surface area (Å²) in [6.45, 7) is 1.89. The number of esters is 1. The summed E-state index contributed by atoms with van der Waals surface area (Å²) in [4.78, 5) is 43.4. The first-order chi connectivity index (χ1) is 17.8. The van der Waals surface area contributed by atoms with Crippen molar-refractivity contribution in [3.63, 3.8) is 0 Å². The molecular weight excluding hydrogens is 470 g/mol. The molecule has 2 aromatic carbocycles. The standard InChI is InChI=1S/C29H31N3O5/c1-20(27(33)32(2)3)17-25(24-11-8-16-30-18-24)26(22-12-14-23(15-13-22)28(34)36-4)31-29(35)37-19-21-9-6-5-7-10-21/h5-18,20,26H,19H2,1-4H3,(H,31,35)/b25-17+/t20-,26?/m1/s1. The van der Waals surface area contributed by atoms with E-state index in [9.17, 15) is 14.4 Å². The van der Waals surface area contributed by atoms with Gasteiger partial charge in [-0.2, -0.15) is 0 Å². The van der Waals surface area contributed by atoms with Crippen LogP contribution in [0.5, 0.6) is 0 Å². The average molecular weight is 502 g/mol. The van der Waals surface area contributed by atoms with Gasteiger partial charge in [-0.15, -0.1) is 0 Å². The Morgan fingerprint density at radius 3 is 2.27 bits per heavy atom. The molecule has 2 atom stereocenters. The van der Waals surface area contributed by atoms with E-state index in [1.54, 1.807) is 63.7 Å². The molecule has 192 valence electrons. The van der Waals surface area contributed by atoms with Crippen molar-refractivity contribution in [2.45, 2.75) is 19.6 Å². The van der Waals surface area contributed by atoms with Crippen LogP contribution in [0.25, 0.3) is 5.57 Å². The molecule has 8 heteroatoms. The molecule has 0 radical (unpaired) electrons. The van der Waals surface area contributed by atoms with Gasteiger partial charge in [0.05, 0.1) is 24.6 Å². The van der Waals surface area contributed by atoms with Gasteiger partial charge < -0.3 is 19.7 Å². The number of hydrogen-bond acceptors (Lipinski definition) is 6. The number of alkyl carbamates (subject to hydrolysis) is 1. The zero-order chi connectivity index (χ0) is 26.8. The Morgan fingerprint density at radius 1 is 0.973 bits per heavy atom. The number of carbonyl (C=O) groups is 3. The molecule has 3 rings (SSSR count). The van der Waals surface area contributed by atoms with Crippen LogP contribution in [-0.4, -0.2) is 49.1 Å². The molecule has 0 aliphatic rings. The number of hydrogen-bond donors (Lipinski definition) is 1. The summed E-state index contributed by atoms with van der Waals surface area (Å²) in [6.07, 6.45) is 4.51. The maximum atomic E-state index is 13.0. The second-order valence-electron chi connectivity index (χ2n) is 8.64. The Hall–Kier alpha value is -4.46. The number of benzene rings is 2. The molecular formula is C29H31N3O5. The quantitative estimate of drug-likeness (QED) is 0.429. The van der Waals surface area contributed by atoms with Gasteiger partial charge in [0.2, 0.25) is 5.91 Å². The summed E-state index contributed by atoms with van der Waals surface area (Å²) in [5.41, 5.74) is 3.30. The van der Waals surface area contributed by atoms with Gasteiger partial charge in [0.15, 0.2) is 0 Å². The topological polar surface area (TPSA) is 97.8 Å². The molecule has 37 heavy (non-hydrogen) atoms. The summed E-state index contributed by atoms with van der Waals surface area (Å²) in [6, 6.07) is 19.0. The Morgan fingerprint density at radius 2 is 1.68 bits per heavy atom. The fourth-order valence-electron chi connectivity index (χ4n) is 3.79. The average Bonchev–Trinajstić information content (AvgIpc) is 2.93. The number of nitrogens with one attached hydrogen (secondary N) is 1. The molecule has 0 aliphatic heterocycles. The fourth-order valence-corrected chi connectivity index (χ4v) is 3.79. The second-order valence-corrected chi connectivity index (χ2v) is 8.64. The highest BCUT2D eigenvalue weighted by atomic mass is 16.5. The number of methoxy groups -OCH3 is 1. The third kappa shape index (κ3) is 7.51. The second kappa shape index (κ2) is 13.0. The zero-order valence-corrected chi connectivity index (χ0v) is 21.4. The largest absolute Gasteiger partial charge is 0.465 e. The summed E-state index contributed by atoms with van der Waals surface area (Å²) in [5.74, 6) is -1.04. The molecule has 1 unspecified atom stereocenters. The Bertz CT molecular complexity index is 1230. The molecule has 8 nitrogen and oxygen atoms in total. The first-order valence-electron chi connectivity index (χ1n) is 11.8.